The molecule has 6 heteroatoms. The summed E-state index contributed by atoms with van der Waals surface area (Å²) >= 11 is 3.51. The van der Waals surface area contributed by atoms with Crippen molar-refractivity contribution in [3.05, 3.63) is 11.6 Å². The summed E-state index contributed by atoms with van der Waals surface area (Å²) in [6, 6.07) is 0.428. The van der Waals surface area contributed by atoms with E-state index in [1.54, 1.807) is 11.3 Å². The molecule has 4 nitrogen and oxygen atoms in total. The van der Waals surface area contributed by atoms with Gasteiger partial charge in [0.15, 0.2) is 5.96 Å². The van der Waals surface area contributed by atoms with Crippen molar-refractivity contribution in [2.45, 2.75) is 44.5 Å². The van der Waals surface area contributed by atoms with Gasteiger partial charge in [-0.3, -0.25) is 4.99 Å². The molecule has 1 rings (SSSR count). The molecule has 0 radical (unpaired) electrons. The summed E-state index contributed by atoms with van der Waals surface area (Å²) in [7, 11) is 0. The van der Waals surface area contributed by atoms with Gasteiger partial charge in [-0.2, -0.15) is 0 Å². The highest BCUT2D eigenvalue weighted by atomic mass is 32.2. The minimum atomic E-state index is 0.428. The van der Waals surface area contributed by atoms with E-state index in [0.717, 1.165) is 35.6 Å². The Hall–Kier alpha value is -0.750. The van der Waals surface area contributed by atoms with Gasteiger partial charge in [-0.1, -0.05) is 25.6 Å². The van der Waals surface area contributed by atoms with Crippen molar-refractivity contribution >= 4 is 29.1 Å². The molecule has 0 aromatic carbocycles. The summed E-state index contributed by atoms with van der Waals surface area (Å²) in [5.74, 6) is 2.59. The topological polar surface area (TPSA) is 49.3 Å². The van der Waals surface area contributed by atoms with Crippen LogP contribution in [0.2, 0.25) is 0 Å². The number of rotatable bonds is 8. The van der Waals surface area contributed by atoms with E-state index in [0.29, 0.717) is 12.0 Å². The fraction of sp³-hybridized carbons (Fsp3) is 0.714. The minimum Gasteiger partial charge on any atom is -0.357 e. The Morgan fingerprint density at radius 2 is 2.25 bits per heavy atom. The van der Waals surface area contributed by atoms with Crippen LogP contribution in [-0.2, 0) is 0 Å². The Morgan fingerprint density at radius 3 is 2.85 bits per heavy atom. The van der Waals surface area contributed by atoms with Crippen molar-refractivity contribution in [1.29, 1.82) is 0 Å². The van der Waals surface area contributed by atoms with Crippen LogP contribution in [0.1, 0.15) is 34.1 Å². The largest absolute Gasteiger partial charge is 0.357 e. The fourth-order valence-corrected chi connectivity index (χ4v) is 3.03. The van der Waals surface area contributed by atoms with Crippen molar-refractivity contribution in [2.75, 3.05) is 18.8 Å². The molecule has 1 atom stereocenters. The number of guanidine groups is 1. The van der Waals surface area contributed by atoms with Gasteiger partial charge in [0.2, 0.25) is 0 Å². The van der Waals surface area contributed by atoms with Crippen LogP contribution >= 0.6 is 23.1 Å². The number of hydrogen-bond donors (Lipinski definition) is 2. The highest BCUT2D eigenvalue weighted by Crippen LogP contribution is 2.20. The van der Waals surface area contributed by atoms with Gasteiger partial charge < -0.3 is 10.6 Å². The molecule has 0 aliphatic carbocycles. The third-order valence-electron chi connectivity index (χ3n) is 2.92. The molecular weight excluding hydrogens is 288 g/mol. The second-order valence-electron chi connectivity index (χ2n) is 4.94. The number of aromatic nitrogens is 1. The average molecular weight is 315 g/mol. The second kappa shape index (κ2) is 10.0. The van der Waals surface area contributed by atoms with E-state index < -0.39 is 0 Å². The van der Waals surface area contributed by atoms with Gasteiger partial charge in [0.25, 0.3) is 0 Å². The van der Waals surface area contributed by atoms with Gasteiger partial charge in [-0.05, 0) is 26.2 Å². The first-order chi connectivity index (χ1) is 9.63. The zero-order valence-electron chi connectivity index (χ0n) is 12.8. The lowest BCUT2D eigenvalue weighted by molar-refractivity contribution is 0.481. The molecule has 2 N–H and O–H groups in total. The summed E-state index contributed by atoms with van der Waals surface area (Å²) in [5.41, 5.74) is 0. The first kappa shape index (κ1) is 17.3. The summed E-state index contributed by atoms with van der Waals surface area (Å²) in [6.45, 7) is 10.5. The van der Waals surface area contributed by atoms with E-state index in [4.69, 9.17) is 0 Å². The van der Waals surface area contributed by atoms with Crippen LogP contribution in [0, 0.1) is 5.92 Å². The monoisotopic (exact) mass is 314 g/mol. The highest BCUT2D eigenvalue weighted by Gasteiger charge is 2.08. The Balaban J connectivity index is 2.27. The number of nitrogens with one attached hydrogen (secondary N) is 2. The van der Waals surface area contributed by atoms with Crippen molar-refractivity contribution in [2.24, 2.45) is 10.9 Å². The van der Waals surface area contributed by atoms with E-state index in [9.17, 15) is 0 Å². The smallest absolute Gasteiger partial charge is 0.191 e. The summed E-state index contributed by atoms with van der Waals surface area (Å²) in [5, 5.41) is 8.75. The number of nitrogens with zero attached hydrogens (tertiary/aromatic N) is 2. The number of thioether (sulfide) groups is 1. The van der Waals surface area contributed by atoms with Crippen LogP contribution in [0.4, 0.5) is 0 Å². The maximum absolute atomic E-state index is 4.62. The maximum atomic E-state index is 4.62. The summed E-state index contributed by atoms with van der Waals surface area (Å²) < 4.78 is 1.15. The highest BCUT2D eigenvalue weighted by molar-refractivity contribution is 8.00. The Labute approximate surface area is 130 Å². The molecule has 0 spiro atoms. The molecule has 0 aliphatic rings. The third kappa shape index (κ3) is 7.14. The average Bonchev–Trinajstić information content (AvgIpc) is 2.91. The van der Waals surface area contributed by atoms with E-state index in [1.165, 1.54) is 0 Å². The van der Waals surface area contributed by atoms with Crippen molar-refractivity contribution in [3.8, 4) is 0 Å². The maximum Gasteiger partial charge on any atom is 0.191 e. The Kier molecular flexibility index (Phi) is 8.69. The molecule has 0 saturated carbocycles. The summed E-state index contributed by atoms with van der Waals surface area (Å²) in [6.07, 6.45) is 2.92. The third-order valence-corrected chi connectivity index (χ3v) is 4.97. The zero-order chi connectivity index (χ0) is 14.8. The second-order valence-corrected chi connectivity index (χ2v) is 7.17. The Bertz CT molecular complexity index is 377. The first-order valence-corrected chi connectivity index (χ1v) is 9.07. The molecule has 114 valence electrons. The SMILES string of the molecule is CCNC(=NCCCSc1nccs1)NC(C)C(C)C. The molecular formula is C14H26N4S2. The van der Waals surface area contributed by atoms with Gasteiger partial charge in [0.1, 0.15) is 4.34 Å². The van der Waals surface area contributed by atoms with E-state index >= 15 is 0 Å². The lowest BCUT2D eigenvalue weighted by atomic mass is 10.1. The number of aliphatic imine (C=N–C) groups is 1. The van der Waals surface area contributed by atoms with Crippen LogP contribution in [0.15, 0.2) is 20.9 Å². The van der Waals surface area contributed by atoms with Crippen molar-refractivity contribution in [1.82, 2.24) is 15.6 Å². The zero-order valence-corrected chi connectivity index (χ0v) is 14.5. The number of hydrogen-bond acceptors (Lipinski definition) is 4. The van der Waals surface area contributed by atoms with Gasteiger partial charge in [0.05, 0.1) is 0 Å². The van der Waals surface area contributed by atoms with Crippen LogP contribution in [0.3, 0.4) is 0 Å². The molecule has 1 heterocycles. The molecule has 1 unspecified atom stereocenters. The lowest BCUT2D eigenvalue weighted by Crippen LogP contribution is -2.44. The van der Waals surface area contributed by atoms with Crippen LogP contribution in [-0.4, -0.2) is 35.8 Å². The Morgan fingerprint density at radius 1 is 1.45 bits per heavy atom. The molecule has 0 fully saturated rings. The van der Waals surface area contributed by atoms with Crippen molar-refractivity contribution < 1.29 is 0 Å². The van der Waals surface area contributed by atoms with E-state index in [1.807, 2.05) is 23.3 Å². The van der Waals surface area contributed by atoms with Crippen LogP contribution < -0.4 is 10.6 Å². The lowest BCUT2D eigenvalue weighted by Gasteiger charge is -2.20. The van der Waals surface area contributed by atoms with Gasteiger partial charge in [-0.25, -0.2) is 4.98 Å². The summed E-state index contributed by atoms with van der Waals surface area (Å²) in [4.78, 5) is 8.88. The quantitative estimate of drug-likeness (QED) is 0.335. The normalized spacial score (nSPS) is 13.6. The molecule has 0 saturated heterocycles. The predicted molar refractivity (Wildman–Crippen MR) is 90.9 cm³/mol. The van der Waals surface area contributed by atoms with Gasteiger partial charge in [0, 0.05) is 36.5 Å². The van der Waals surface area contributed by atoms with Crippen LogP contribution in [0.5, 0.6) is 0 Å². The van der Waals surface area contributed by atoms with E-state index in [-0.39, 0.29) is 0 Å². The van der Waals surface area contributed by atoms with Crippen LogP contribution in [0.25, 0.3) is 0 Å². The standard InChI is InChI=1S/C14H26N4S2/c1-5-15-13(18-12(4)11(2)3)16-7-6-9-19-14-17-8-10-20-14/h8,10-12H,5-7,9H2,1-4H3,(H2,15,16,18). The molecule has 0 amide bonds. The van der Waals surface area contributed by atoms with Crippen molar-refractivity contribution in [3.63, 3.8) is 0 Å². The number of thiazole rings is 1. The fourth-order valence-electron chi connectivity index (χ4n) is 1.40. The first-order valence-electron chi connectivity index (χ1n) is 7.20. The van der Waals surface area contributed by atoms with Gasteiger partial charge in [-0.15, -0.1) is 11.3 Å². The predicted octanol–water partition coefficient (Wildman–Crippen LogP) is 3.22. The molecule has 1 aromatic rings. The molecule has 20 heavy (non-hydrogen) atoms. The van der Waals surface area contributed by atoms with E-state index in [2.05, 4.69) is 48.3 Å². The molecule has 0 aliphatic heterocycles. The molecule has 0 bridgehead atoms. The molecule has 1 aromatic heterocycles. The minimum absolute atomic E-state index is 0.428. The van der Waals surface area contributed by atoms with Gasteiger partial charge >= 0.3 is 0 Å².